The van der Waals surface area contributed by atoms with Gasteiger partial charge in [-0.3, -0.25) is 58.8 Å². The van der Waals surface area contributed by atoms with E-state index in [2.05, 4.69) is 21.0 Å². The van der Waals surface area contributed by atoms with Gasteiger partial charge in [-0.05, 0) is 103 Å². The van der Waals surface area contributed by atoms with Crippen molar-refractivity contribution in [1.29, 1.82) is 0 Å². The Balaban J connectivity index is 0.000000309. The van der Waals surface area contributed by atoms with Crippen LogP contribution in [0.4, 0.5) is 0 Å². The number of likely N-dealkylation sites (tertiary alicyclic amines) is 4. The maximum absolute atomic E-state index is 13.1. The Morgan fingerprint density at radius 3 is 0.958 bits per heavy atom. The minimum absolute atomic E-state index is 0.286. The van der Waals surface area contributed by atoms with E-state index in [-0.39, 0.29) is 24.9 Å². The van der Waals surface area contributed by atoms with Crippen molar-refractivity contribution < 1.29 is 52.4 Å². The lowest BCUT2D eigenvalue weighted by molar-refractivity contribution is -0.155. The standard InChI is InChI=1S/C26H42N4O6.C26H40N4O5/c1-7-25(3,4)19(31)23(35)29-15-11-9-13-17(29)21(33)27-28-22(34)18-14-10-12-16-30(18)24(36)20(32)26(5,6)8-2;1-7-25(3,4)19(31)23(33)29-15-11-9-13-17(29)21-27-28-22(35-21)18-14-10-12-16-30(18)24(34)20(32)26(5,6)8-2/h17-18H,7-16H2,1-6H3,(H,27,33)(H,28,34);17-18H,7-16H2,1-6H3/t2*17-,18?/m00/s1. The SMILES string of the molecule is CCC(C)(C)C(=O)C(=O)N1CCCCC1C(=O)NNC(=O)[C@@H]1CCCCN1C(=O)C(=O)C(C)(C)CC.CCC(C)(C)C(=O)C(=O)N1CCCCC1c1nnc([C@@H]2CCCCN2C(=O)C(=O)C(C)(C)CC)o1. The first kappa shape index (κ1) is 58.2. The predicted molar refractivity (Wildman–Crippen MR) is 262 cm³/mol. The van der Waals surface area contributed by atoms with E-state index in [9.17, 15) is 47.9 Å². The van der Waals surface area contributed by atoms with Crippen molar-refractivity contribution in [3.63, 3.8) is 0 Å². The molecule has 19 nitrogen and oxygen atoms in total. The maximum atomic E-state index is 13.1. The zero-order valence-electron chi connectivity index (χ0n) is 44.6. The van der Waals surface area contributed by atoms with Crippen LogP contribution in [0.15, 0.2) is 4.42 Å². The summed E-state index contributed by atoms with van der Waals surface area (Å²) in [6.07, 6.45) is 10.3. The molecule has 4 aliphatic rings. The van der Waals surface area contributed by atoms with Crippen LogP contribution in [0.3, 0.4) is 0 Å². The molecule has 4 saturated heterocycles. The molecule has 1 aromatic heterocycles. The van der Waals surface area contributed by atoms with Gasteiger partial charge in [-0.25, -0.2) is 0 Å². The highest BCUT2D eigenvalue weighted by molar-refractivity contribution is 6.39. The molecule has 71 heavy (non-hydrogen) atoms. The first-order valence-corrected chi connectivity index (χ1v) is 26.1. The summed E-state index contributed by atoms with van der Waals surface area (Å²) in [6.45, 7) is 22.9. The van der Waals surface area contributed by atoms with Crippen molar-refractivity contribution in [2.45, 2.75) is 210 Å². The van der Waals surface area contributed by atoms with Crippen LogP contribution in [-0.2, 0) is 47.9 Å². The first-order chi connectivity index (χ1) is 33.2. The molecule has 6 amide bonds. The topological polar surface area (TPSA) is 247 Å². The molecule has 4 atom stereocenters. The molecule has 5 rings (SSSR count). The van der Waals surface area contributed by atoms with Gasteiger partial charge >= 0.3 is 0 Å². The first-order valence-electron chi connectivity index (χ1n) is 26.1. The molecule has 5 heterocycles. The number of amides is 6. The fraction of sp³-hybridized carbons (Fsp3) is 0.769. The summed E-state index contributed by atoms with van der Waals surface area (Å²) in [6, 6.07) is -2.69. The van der Waals surface area contributed by atoms with Crippen LogP contribution < -0.4 is 10.9 Å². The number of hydrazine groups is 1. The van der Waals surface area contributed by atoms with Gasteiger partial charge in [0.1, 0.15) is 24.2 Å². The molecule has 1 aromatic rings. The molecule has 19 heteroatoms. The number of ketones is 4. The average molecular weight is 995 g/mol. The van der Waals surface area contributed by atoms with Crippen molar-refractivity contribution in [3.05, 3.63) is 11.8 Å². The largest absolute Gasteiger partial charge is 0.421 e. The normalized spacial score (nSPS) is 21.3. The summed E-state index contributed by atoms with van der Waals surface area (Å²) < 4.78 is 6.07. The van der Waals surface area contributed by atoms with E-state index in [1.165, 1.54) is 9.80 Å². The Labute approximate surface area is 420 Å². The third-order valence-electron chi connectivity index (χ3n) is 15.8. The molecular weight excluding hydrogens is 913 g/mol. The summed E-state index contributed by atoms with van der Waals surface area (Å²) >= 11 is 0. The molecule has 2 N–H and O–H groups in total. The Kier molecular flexibility index (Phi) is 20.0. The number of hydrogen-bond donors (Lipinski definition) is 2. The molecule has 4 aliphatic heterocycles. The highest BCUT2D eigenvalue weighted by Crippen LogP contribution is 2.37. The van der Waals surface area contributed by atoms with E-state index < -0.39 is 104 Å². The molecule has 2 unspecified atom stereocenters. The van der Waals surface area contributed by atoms with Gasteiger partial charge in [-0.2, -0.15) is 0 Å². The predicted octanol–water partition coefficient (Wildman–Crippen LogP) is 6.09. The summed E-state index contributed by atoms with van der Waals surface area (Å²) in [4.78, 5) is 135. The van der Waals surface area contributed by atoms with Crippen LogP contribution in [0.5, 0.6) is 0 Å². The summed E-state index contributed by atoms with van der Waals surface area (Å²) in [5, 5.41) is 8.50. The van der Waals surface area contributed by atoms with Crippen molar-refractivity contribution in [3.8, 4) is 0 Å². The highest BCUT2D eigenvalue weighted by Gasteiger charge is 2.45. The summed E-state index contributed by atoms with van der Waals surface area (Å²) in [7, 11) is 0. The van der Waals surface area contributed by atoms with Gasteiger partial charge in [0.15, 0.2) is 0 Å². The molecule has 4 fully saturated rings. The van der Waals surface area contributed by atoms with Crippen LogP contribution >= 0.6 is 0 Å². The van der Waals surface area contributed by atoms with E-state index in [1.807, 2.05) is 27.7 Å². The second-order valence-corrected chi connectivity index (χ2v) is 22.3. The smallest absolute Gasteiger partial charge is 0.291 e. The molecule has 396 valence electrons. The van der Waals surface area contributed by atoms with Crippen LogP contribution in [0, 0.1) is 21.7 Å². The fourth-order valence-electron chi connectivity index (χ4n) is 8.88. The monoisotopic (exact) mass is 995 g/mol. The second-order valence-electron chi connectivity index (χ2n) is 22.3. The molecule has 0 spiro atoms. The molecule has 0 aliphatic carbocycles. The van der Waals surface area contributed by atoms with Gasteiger partial charge in [0.25, 0.3) is 35.4 Å². The van der Waals surface area contributed by atoms with E-state index >= 15 is 0 Å². The van der Waals surface area contributed by atoms with Crippen LogP contribution in [-0.4, -0.2) is 127 Å². The summed E-state index contributed by atoms with van der Waals surface area (Å²) in [5.41, 5.74) is 1.65. The van der Waals surface area contributed by atoms with Gasteiger partial charge in [-0.15, -0.1) is 10.2 Å². The number of Topliss-reactive ketones (excluding diaryl/α,β-unsaturated/α-hetero) is 4. The highest BCUT2D eigenvalue weighted by atomic mass is 16.4. The third-order valence-corrected chi connectivity index (χ3v) is 15.8. The molecule has 0 radical (unpaired) electrons. The lowest BCUT2D eigenvalue weighted by Crippen LogP contribution is -2.61. The Morgan fingerprint density at radius 1 is 0.423 bits per heavy atom. The molecular formula is C52H82N8O11. The zero-order chi connectivity index (χ0) is 53.2. The Morgan fingerprint density at radius 2 is 0.676 bits per heavy atom. The average Bonchev–Trinajstić information content (AvgIpc) is 3.88. The van der Waals surface area contributed by atoms with Crippen molar-refractivity contribution in [1.82, 2.24) is 40.6 Å². The van der Waals surface area contributed by atoms with Gasteiger partial charge < -0.3 is 24.0 Å². The minimum atomic E-state index is -0.876. The third kappa shape index (κ3) is 13.6. The van der Waals surface area contributed by atoms with Crippen molar-refractivity contribution >= 4 is 58.6 Å². The maximum Gasteiger partial charge on any atom is 0.291 e. The number of nitrogens with zero attached hydrogens (tertiary/aromatic N) is 6. The van der Waals surface area contributed by atoms with Crippen molar-refractivity contribution in [2.24, 2.45) is 21.7 Å². The van der Waals surface area contributed by atoms with Crippen LogP contribution in [0.2, 0.25) is 0 Å². The lowest BCUT2D eigenvalue weighted by Gasteiger charge is -2.37. The number of piperidine rings is 4. The van der Waals surface area contributed by atoms with E-state index in [1.54, 1.807) is 65.2 Å². The van der Waals surface area contributed by atoms with Gasteiger partial charge in [0, 0.05) is 47.8 Å². The quantitative estimate of drug-likeness (QED) is 0.141. The van der Waals surface area contributed by atoms with E-state index in [0.717, 1.165) is 25.7 Å². The lowest BCUT2D eigenvalue weighted by atomic mass is 9.84. The number of hydrogen-bond acceptors (Lipinski definition) is 13. The second kappa shape index (κ2) is 24.4. The zero-order valence-corrected chi connectivity index (χ0v) is 44.6. The minimum Gasteiger partial charge on any atom is -0.421 e. The van der Waals surface area contributed by atoms with Crippen LogP contribution in [0.1, 0.15) is 210 Å². The van der Waals surface area contributed by atoms with Gasteiger partial charge in [-0.1, -0.05) is 83.1 Å². The number of rotatable bonds is 16. The Hall–Kier alpha value is -5.36. The number of carbonyl (C=O) groups excluding carboxylic acids is 10. The number of aromatic nitrogens is 2. The van der Waals surface area contributed by atoms with Crippen molar-refractivity contribution in [2.75, 3.05) is 26.2 Å². The van der Waals surface area contributed by atoms with Gasteiger partial charge in [0.05, 0.1) is 0 Å². The molecule has 0 saturated carbocycles. The van der Waals surface area contributed by atoms with Crippen LogP contribution in [0.25, 0.3) is 0 Å². The molecule has 0 aromatic carbocycles. The Bertz CT molecular complexity index is 2020. The van der Waals surface area contributed by atoms with E-state index in [4.69, 9.17) is 4.42 Å². The molecule has 0 bridgehead atoms. The van der Waals surface area contributed by atoms with Gasteiger partial charge in [0.2, 0.25) is 34.9 Å². The number of nitrogens with one attached hydrogen (secondary N) is 2. The number of carbonyl (C=O) groups is 10. The van der Waals surface area contributed by atoms with E-state index in [0.29, 0.717) is 90.1 Å². The fourth-order valence-corrected chi connectivity index (χ4v) is 8.88. The summed E-state index contributed by atoms with van der Waals surface area (Å²) in [5.74, 6) is -4.89.